The van der Waals surface area contributed by atoms with Gasteiger partial charge in [-0.15, -0.1) is 0 Å². The van der Waals surface area contributed by atoms with Crippen LogP contribution in [0, 0.1) is 12.8 Å². The van der Waals surface area contributed by atoms with Gasteiger partial charge in [0.15, 0.2) is 0 Å². The molecule has 0 radical (unpaired) electrons. The third kappa shape index (κ3) is 3.35. The van der Waals surface area contributed by atoms with Crippen molar-refractivity contribution in [2.45, 2.75) is 71.1 Å². The second kappa shape index (κ2) is 6.92. The zero-order valence-electron chi connectivity index (χ0n) is 12.3. The first-order chi connectivity index (χ1) is 9.54. The molecule has 4 nitrogen and oxygen atoms in total. The molecule has 0 bridgehead atoms. The Balaban J connectivity index is 2.05. The molecule has 20 heavy (non-hydrogen) atoms. The Kier molecular flexibility index (Phi) is 5.47. The van der Waals surface area contributed by atoms with Crippen molar-refractivity contribution >= 4 is 11.6 Å². The van der Waals surface area contributed by atoms with Crippen molar-refractivity contribution in [2.75, 3.05) is 0 Å². The van der Waals surface area contributed by atoms with Gasteiger partial charge in [0.25, 0.3) is 0 Å². The van der Waals surface area contributed by atoms with E-state index in [1.165, 1.54) is 6.42 Å². The van der Waals surface area contributed by atoms with Crippen LogP contribution >= 0.6 is 11.6 Å². The van der Waals surface area contributed by atoms with E-state index in [0.717, 1.165) is 43.6 Å². The molecule has 1 aliphatic carbocycles. The molecular weight excluding hydrogens is 276 g/mol. The van der Waals surface area contributed by atoms with Crippen LogP contribution in [-0.2, 0) is 13.0 Å². The number of nitrogens with zero attached hydrogens (tertiary/aromatic N) is 2. The van der Waals surface area contributed by atoms with Crippen molar-refractivity contribution in [2.24, 2.45) is 5.92 Å². The lowest BCUT2D eigenvalue weighted by molar-refractivity contribution is -0.0271. The van der Waals surface area contributed by atoms with Gasteiger partial charge in [0, 0.05) is 13.0 Å². The van der Waals surface area contributed by atoms with Crippen LogP contribution in [0.25, 0.3) is 0 Å². The minimum Gasteiger partial charge on any atom is -0.390 e. The summed E-state index contributed by atoms with van der Waals surface area (Å²) in [5, 5.41) is 25.6. The van der Waals surface area contributed by atoms with Gasteiger partial charge in [0.05, 0.1) is 28.6 Å². The van der Waals surface area contributed by atoms with E-state index in [9.17, 15) is 10.2 Å². The molecule has 2 unspecified atom stereocenters. The fourth-order valence-corrected chi connectivity index (χ4v) is 3.39. The lowest BCUT2D eigenvalue weighted by Crippen LogP contribution is -2.36. The maximum absolute atomic E-state index is 10.3. The number of aliphatic hydroxyl groups is 2. The molecule has 0 aromatic carbocycles. The highest BCUT2D eigenvalue weighted by Crippen LogP contribution is 2.29. The molecule has 0 aliphatic heterocycles. The molecule has 5 heteroatoms. The van der Waals surface area contributed by atoms with Crippen molar-refractivity contribution in [3.8, 4) is 0 Å². The number of aryl methyl sites for hydroxylation is 2. The summed E-state index contributed by atoms with van der Waals surface area (Å²) in [6.07, 6.45) is 4.51. The third-order valence-electron chi connectivity index (χ3n) is 4.38. The van der Waals surface area contributed by atoms with Crippen LogP contribution in [0.1, 0.15) is 50.4 Å². The predicted octanol–water partition coefficient (Wildman–Crippen LogP) is 2.71. The number of rotatable bonds is 5. The van der Waals surface area contributed by atoms with Crippen LogP contribution < -0.4 is 0 Å². The van der Waals surface area contributed by atoms with Gasteiger partial charge in [-0.05, 0) is 32.6 Å². The van der Waals surface area contributed by atoms with Gasteiger partial charge in [-0.25, -0.2) is 0 Å². The molecule has 1 fully saturated rings. The lowest BCUT2D eigenvalue weighted by Gasteiger charge is -2.29. The first-order valence-corrected chi connectivity index (χ1v) is 8.00. The largest absolute Gasteiger partial charge is 0.390 e. The summed E-state index contributed by atoms with van der Waals surface area (Å²) in [7, 11) is 0. The standard InChI is InChI=1S/C15H25ClN2O2/c1-3-18-12(14(16)10(2)17-18)9-13(19)15(20)11-7-5-4-6-8-11/h11,13,15,19-20H,3-9H2,1-2H3. The van der Waals surface area contributed by atoms with Gasteiger partial charge in [-0.1, -0.05) is 30.9 Å². The van der Waals surface area contributed by atoms with Crippen molar-refractivity contribution < 1.29 is 10.2 Å². The Labute approximate surface area is 125 Å². The zero-order chi connectivity index (χ0) is 14.7. The van der Waals surface area contributed by atoms with Crippen LogP contribution in [0.15, 0.2) is 0 Å². The summed E-state index contributed by atoms with van der Waals surface area (Å²) in [5.74, 6) is 0.219. The van der Waals surface area contributed by atoms with Gasteiger partial charge in [0.2, 0.25) is 0 Å². The third-order valence-corrected chi connectivity index (χ3v) is 4.87. The maximum atomic E-state index is 10.3. The van der Waals surface area contributed by atoms with Crippen LogP contribution in [0.2, 0.25) is 5.02 Å². The van der Waals surface area contributed by atoms with E-state index in [-0.39, 0.29) is 5.92 Å². The number of aromatic nitrogens is 2. The summed E-state index contributed by atoms with van der Waals surface area (Å²) in [6, 6.07) is 0. The molecule has 1 aliphatic rings. The van der Waals surface area contributed by atoms with Crippen molar-refractivity contribution in [3.05, 3.63) is 16.4 Å². The molecule has 1 saturated carbocycles. The first-order valence-electron chi connectivity index (χ1n) is 7.62. The van der Waals surface area contributed by atoms with Crippen molar-refractivity contribution in [1.29, 1.82) is 0 Å². The maximum Gasteiger partial charge on any atom is 0.0857 e. The van der Waals surface area contributed by atoms with Gasteiger partial charge < -0.3 is 10.2 Å². The smallest absolute Gasteiger partial charge is 0.0857 e. The van der Waals surface area contributed by atoms with E-state index in [1.54, 1.807) is 0 Å². The van der Waals surface area contributed by atoms with E-state index in [1.807, 2.05) is 18.5 Å². The fourth-order valence-electron chi connectivity index (χ4n) is 3.17. The summed E-state index contributed by atoms with van der Waals surface area (Å²) in [4.78, 5) is 0. The van der Waals surface area contributed by atoms with E-state index < -0.39 is 12.2 Å². The minimum absolute atomic E-state index is 0.219. The molecular formula is C15H25ClN2O2. The molecule has 2 N–H and O–H groups in total. The quantitative estimate of drug-likeness (QED) is 0.879. The Morgan fingerprint density at radius 1 is 1.30 bits per heavy atom. The molecule has 1 heterocycles. The van der Waals surface area contributed by atoms with E-state index in [4.69, 9.17) is 11.6 Å². The van der Waals surface area contributed by atoms with Gasteiger partial charge in [-0.3, -0.25) is 4.68 Å². The lowest BCUT2D eigenvalue weighted by atomic mass is 9.82. The average Bonchev–Trinajstić information content (AvgIpc) is 2.75. The summed E-state index contributed by atoms with van der Waals surface area (Å²) in [5.41, 5.74) is 1.61. The summed E-state index contributed by atoms with van der Waals surface area (Å²) >= 11 is 6.25. The van der Waals surface area contributed by atoms with Crippen LogP contribution in [0.3, 0.4) is 0 Å². The highest BCUT2D eigenvalue weighted by Gasteiger charge is 2.29. The number of hydrogen-bond donors (Lipinski definition) is 2. The Morgan fingerprint density at radius 2 is 1.95 bits per heavy atom. The topological polar surface area (TPSA) is 58.3 Å². The number of halogens is 1. The number of aliphatic hydroxyl groups excluding tert-OH is 2. The second-order valence-corrected chi connectivity index (χ2v) is 6.20. The molecule has 2 atom stereocenters. The van der Waals surface area contributed by atoms with E-state index in [2.05, 4.69) is 5.10 Å². The van der Waals surface area contributed by atoms with Crippen LogP contribution in [0.5, 0.6) is 0 Å². The summed E-state index contributed by atoms with van der Waals surface area (Å²) < 4.78 is 1.81. The van der Waals surface area contributed by atoms with Crippen LogP contribution in [0.4, 0.5) is 0 Å². The molecule has 0 amide bonds. The Morgan fingerprint density at radius 3 is 2.55 bits per heavy atom. The van der Waals surface area contributed by atoms with Crippen molar-refractivity contribution in [3.63, 3.8) is 0 Å². The molecule has 0 spiro atoms. The van der Waals surface area contributed by atoms with Crippen molar-refractivity contribution in [1.82, 2.24) is 9.78 Å². The normalized spacial score (nSPS) is 20.1. The molecule has 2 rings (SSSR count). The predicted molar refractivity (Wildman–Crippen MR) is 79.9 cm³/mol. The van der Waals surface area contributed by atoms with E-state index >= 15 is 0 Å². The molecule has 114 valence electrons. The van der Waals surface area contributed by atoms with Gasteiger partial charge in [-0.2, -0.15) is 5.10 Å². The SMILES string of the molecule is CCn1nc(C)c(Cl)c1CC(O)C(O)C1CCCCC1. The Bertz CT molecular complexity index is 441. The zero-order valence-corrected chi connectivity index (χ0v) is 13.1. The highest BCUT2D eigenvalue weighted by atomic mass is 35.5. The fraction of sp³-hybridized carbons (Fsp3) is 0.800. The minimum atomic E-state index is -0.767. The molecule has 0 saturated heterocycles. The van der Waals surface area contributed by atoms with Gasteiger partial charge >= 0.3 is 0 Å². The van der Waals surface area contributed by atoms with Crippen LogP contribution in [-0.4, -0.2) is 32.2 Å². The molecule has 1 aromatic heterocycles. The first kappa shape index (κ1) is 15.8. The number of hydrogen-bond acceptors (Lipinski definition) is 3. The monoisotopic (exact) mass is 300 g/mol. The highest BCUT2D eigenvalue weighted by molar-refractivity contribution is 6.31. The van der Waals surface area contributed by atoms with Gasteiger partial charge in [0.1, 0.15) is 0 Å². The second-order valence-electron chi connectivity index (χ2n) is 5.82. The molecule has 1 aromatic rings. The van der Waals surface area contributed by atoms with E-state index in [0.29, 0.717) is 11.4 Å². The Hall–Kier alpha value is -0.580. The summed E-state index contributed by atoms with van der Waals surface area (Å²) in [6.45, 7) is 4.58. The average molecular weight is 301 g/mol.